The van der Waals surface area contributed by atoms with Crippen LogP contribution < -0.4 is 11.1 Å². The number of hydrogen-bond acceptors (Lipinski definition) is 3. The molecule has 1 aromatic rings. The molecule has 0 amide bonds. The van der Waals surface area contributed by atoms with E-state index in [-0.39, 0.29) is 0 Å². The average Bonchev–Trinajstić information content (AvgIpc) is 2.85. The van der Waals surface area contributed by atoms with Crippen molar-refractivity contribution in [1.82, 2.24) is 0 Å². The van der Waals surface area contributed by atoms with Gasteiger partial charge in [-0.1, -0.05) is 13.8 Å². The van der Waals surface area contributed by atoms with Gasteiger partial charge in [-0.2, -0.15) is 5.26 Å². The first-order valence-corrected chi connectivity index (χ1v) is 5.56. The van der Waals surface area contributed by atoms with E-state index >= 15 is 0 Å². The summed E-state index contributed by atoms with van der Waals surface area (Å²) in [5, 5.41) is 12.2. The van der Waals surface area contributed by atoms with E-state index in [0.29, 0.717) is 16.7 Å². The molecule has 2 rings (SSSR count). The van der Waals surface area contributed by atoms with Crippen LogP contribution in [0.25, 0.3) is 0 Å². The predicted molar refractivity (Wildman–Crippen MR) is 65.9 cm³/mol. The second-order valence-electron chi connectivity index (χ2n) is 5.18. The smallest absolute Gasteiger partial charge is 0.101 e. The predicted octanol–water partition coefficient (Wildman–Crippen LogP) is 2.60. The highest BCUT2D eigenvalue weighted by Gasteiger charge is 2.44. The average molecular weight is 215 g/mol. The summed E-state index contributed by atoms with van der Waals surface area (Å²) in [6.45, 7) is 5.54. The Morgan fingerprint density at radius 2 is 2.25 bits per heavy atom. The van der Waals surface area contributed by atoms with Gasteiger partial charge in [0.05, 0.1) is 5.56 Å². The van der Waals surface area contributed by atoms with Crippen LogP contribution in [0.3, 0.4) is 0 Å². The lowest BCUT2D eigenvalue weighted by molar-refractivity contribution is 0.573. The normalized spacial score (nSPS) is 21.2. The Morgan fingerprint density at radius 1 is 1.56 bits per heavy atom. The molecule has 1 fully saturated rings. The van der Waals surface area contributed by atoms with Crippen LogP contribution in [0.4, 0.5) is 11.4 Å². The molecule has 84 valence electrons. The molecule has 3 heteroatoms. The van der Waals surface area contributed by atoms with Crippen LogP contribution in [0, 0.1) is 22.7 Å². The number of nitriles is 1. The SMILES string of the molecule is CC1(C)CC1CNc1ccc(N)c(C#N)c1. The van der Waals surface area contributed by atoms with Gasteiger partial charge < -0.3 is 11.1 Å². The van der Waals surface area contributed by atoms with Crippen molar-refractivity contribution in [2.45, 2.75) is 20.3 Å². The fraction of sp³-hybridized carbons (Fsp3) is 0.462. The summed E-state index contributed by atoms with van der Waals surface area (Å²) in [5.41, 5.74) is 8.21. The Kier molecular flexibility index (Phi) is 2.51. The van der Waals surface area contributed by atoms with Gasteiger partial charge >= 0.3 is 0 Å². The quantitative estimate of drug-likeness (QED) is 0.762. The van der Waals surface area contributed by atoms with Crippen molar-refractivity contribution in [3.63, 3.8) is 0 Å². The van der Waals surface area contributed by atoms with E-state index in [1.54, 1.807) is 6.07 Å². The Labute approximate surface area is 96.3 Å². The fourth-order valence-corrected chi connectivity index (χ4v) is 1.93. The molecule has 1 atom stereocenters. The van der Waals surface area contributed by atoms with Crippen molar-refractivity contribution < 1.29 is 0 Å². The maximum Gasteiger partial charge on any atom is 0.101 e. The van der Waals surface area contributed by atoms with Crippen LogP contribution in [-0.2, 0) is 0 Å². The lowest BCUT2D eigenvalue weighted by Gasteiger charge is -2.08. The van der Waals surface area contributed by atoms with E-state index < -0.39 is 0 Å². The van der Waals surface area contributed by atoms with E-state index in [9.17, 15) is 0 Å². The van der Waals surface area contributed by atoms with Crippen molar-refractivity contribution in [2.75, 3.05) is 17.6 Å². The number of nitrogens with zero attached hydrogens (tertiary/aromatic N) is 1. The summed E-state index contributed by atoms with van der Waals surface area (Å²) in [6.07, 6.45) is 1.28. The van der Waals surface area contributed by atoms with Gasteiger partial charge in [0.15, 0.2) is 0 Å². The molecule has 0 radical (unpaired) electrons. The highest BCUT2D eigenvalue weighted by Crippen LogP contribution is 2.51. The van der Waals surface area contributed by atoms with Crippen molar-refractivity contribution in [1.29, 1.82) is 5.26 Å². The molecule has 0 heterocycles. The van der Waals surface area contributed by atoms with Crippen molar-refractivity contribution >= 4 is 11.4 Å². The summed E-state index contributed by atoms with van der Waals surface area (Å²) in [5.74, 6) is 0.746. The highest BCUT2D eigenvalue weighted by molar-refractivity contribution is 5.61. The van der Waals surface area contributed by atoms with Gasteiger partial charge in [-0.25, -0.2) is 0 Å². The molecule has 1 unspecified atom stereocenters. The largest absolute Gasteiger partial charge is 0.398 e. The van der Waals surface area contributed by atoms with Crippen LogP contribution in [0.15, 0.2) is 18.2 Å². The number of benzene rings is 1. The summed E-state index contributed by atoms with van der Waals surface area (Å²) in [4.78, 5) is 0. The van der Waals surface area contributed by atoms with Crippen LogP contribution in [0.1, 0.15) is 25.8 Å². The molecule has 0 spiro atoms. The lowest BCUT2D eigenvalue weighted by Crippen LogP contribution is -2.07. The van der Waals surface area contributed by atoms with Gasteiger partial charge in [0, 0.05) is 17.9 Å². The van der Waals surface area contributed by atoms with E-state index in [2.05, 4.69) is 25.2 Å². The van der Waals surface area contributed by atoms with E-state index in [1.165, 1.54) is 6.42 Å². The second kappa shape index (κ2) is 3.71. The molecule has 0 aromatic heterocycles. The van der Waals surface area contributed by atoms with Crippen LogP contribution in [-0.4, -0.2) is 6.54 Å². The molecule has 0 aliphatic heterocycles. The Hall–Kier alpha value is -1.69. The van der Waals surface area contributed by atoms with Gasteiger partial charge in [-0.3, -0.25) is 0 Å². The van der Waals surface area contributed by atoms with Crippen LogP contribution in [0.5, 0.6) is 0 Å². The van der Waals surface area contributed by atoms with Crippen LogP contribution >= 0.6 is 0 Å². The summed E-state index contributed by atoms with van der Waals surface area (Å²) in [7, 11) is 0. The Morgan fingerprint density at radius 3 is 2.81 bits per heavy atom. The molecule has 0 saturated heterocycles. The minimum atomic E-state index is 0.485. The number of rotatable bonds is 3. The molecule has 1 aliphatic rings. The van der Waals surface area contributed by atoms with E-state index in [0.717, 1.165) is 18.2 Å². The van der Waals surface area contributed by atoms with Gasteiger partial charge in [-0.15, -0.1) is 0 Å². The zero-order valence-corrected chi connectivity index (χ0v) is 9.75. The Bertz CT molecular complexity index is 443. The van der Waals surface area contributed by atoms with E-state index in [4.69, 9.17) is 11.0 Å². The summed E-state index contributed by atoms with van der Waals surface area (Å²) < 4.78 is 0. The van der Waals surface area contributed by atoms with Crippen molar-refractivity contribution in [2.24, 2.45) is 11.3 Å². The lowest BCUT2D eigenvalue weighted by atomic mass is 10.1. The molecule has 16 heavy (non-hydrogen) atoms. The third-order valence-electron chi connectivity index (χ3n) is 3.44. The topological polar surface area (TPSA) is 61.8 Å². The first-order valence-electron chi connectivity index (χ1n) is 5.56. The van der Waals surface area contributed by atoms with Gasteiger partial charge in [0.25, 0.3) is 0 Å². The third kappa shape index (κ3) is 2.11. The molecule has 0 bridgehead atoms. The minimum Gasteiger partial charge on any atom is -0.398 e. The van der Waals surface area contributed by atoms with Crippen molar-refractivity contribution in [3.05, 3.63) is 23.8 Å². The van der Waals surface area contributed by atoms with Gasteiger partial charge in [-0.05, 0) is 36.0 Å². The number of nitrogens with two attached hydrogens (primary N) is 1. The van der Waals surface area contributed by atoms with Crippen molar-refractivity contribution in [3.8, 4) is 6.07 Å². The monoisotopic (exact) mass is 215 g/mol. The summed E-state index contributed by atoms with van der Waals surface area (Å²) in [6, 6.07) is 7.60. The molecular formula is C13H17N3. The molecule has 3 nitrogen and oxygen atoms in total. The maximum atomic E-state index is 8.86. The molecular weight excluding hydrogens is 198 g/mol. The summed E-state index contributed by atoms with van der Waals surface area (Å²) >= 11 is 0. The minimum absolute atomic E-state index is 0.485. The van der Waals surface area contributed by atoms with Gasteiger partial charge in [0.2, 0.25) is 0 Å². The first-order chi connectivity index (χ1) is 7.53. The molecule has 1 saturated carbocycles. The van der Waals surface area contributed by atoms with E-state index in [1.807, 2.05) is 12.1 Å². The number of hydrogen-bond donors (Lipinski definition) is 2. The molecule has 1 aromatic carbocycles. The third-order valence-corrected chi connectivity index (χ3v) is 3.44. The maximum absolute atomic E-state index is 8.86. The number of nitrogens with one attached hydrogen (secondary N) is 1. The first kappa shape index (κ1) is 10.8. The highest BCUT2D eigenvalue weighted by atomic mass is 14.9. The zero-order chi connectivity index (χ0) is 11.8. The molecule has 3 N–H and O–H groups in total. The second-order valence-corrected chi connectivity index (χ2v) is 5.18. The molecule has 1 aliphatic carbocycles. The zero-order valence-electron chi connectivity index (χ0n) is 9.75. The number of nitrogen functional groups attached to an aromatic ring is 1. The van der Waals surface area contributed by atoms with Crippen LogP contribution in [0.2, 0.25) is 0 Å². The Balaban J connectivity index is 1.98. The van der Waals surface area contributed by atoms with Gasteiger partial charge in [0.1, 0.15) is 6.07 Å². The standard InChI is InChI=1S/C13H17N3/c1-13(2)6-10(13)8-16-11-3-4-12(15)9(5-11)7-14/h3-5,10,16H,6,8,15H2,1-2H3. The number of anilines is 2. The fourth-order valence-electron chi connectivity index (χ4n) is 1.93.